The van der Waals surface area contributed by atoms with E-state index in [2.05, 4.69) is 11.0 Å². The number of primary amides is 1. The molecular weight excluding hydrogens is 336 g/mol. The summed E-state index contributed by atoms with van der Waals surface area (Å²) in [5.74, 6) is 1.28. The van der Waals surface area contributed by atoms with E-state index in [9.17, 15) is 4.79 Å². The molecule has 3 aromatic carbocycles. The Morgan fingerprint density at radius 1 is 1.07 bits per heavy atom. The minimum Gasteiger partial charge on any atom is -0.457 e. The summed E-state index contributed by atoms with van der Waals surface area (Å²) in [6.45, 7) is 1.46. The van der Waals surface area contributed by atoms with Crippen molar-refractivity contribution in [1.29, 1.82) is 0 Å². The Bertz CT molecular complexity index is 923. The highest BCUT2D eigenvalue weighted by Crippen LogP contribution is 2.31. The van der Waals surface area contributed by atoms with Gasteiger partial charge in [-0.05, 0) is 53.4 Å². The first-order valence-corrected chi connectivity index (χ1v) is 9.05. The van der Waals surface area contributed by atoms with Crippen LogP contribution in [0.15, 0.2) is 72.8 Å². The number of hydrogen-bond donors (Lipinski definition) is 1. The molecule has 1 atom stereocenters. The molecule has 0 saturated carbocycles. The summed E-state index contributed by atoms with van der Waals surface area (Å²) < 4.78 is 5.84. The Morgan fingerprint density at radius 3 is 2.56 bits per heavy atom. The van der Waals surface area contributed by atoms with Crippen LogP contribution in [0.3, 0.4) is 0 Å². The molecule has 1 radical (unpaired) electrons. The molecule has 1 aliphatic rings. The monoisotopic (exact) mass is 357 g/mol. The van der Waals surface area contributed by atoms with E-state index in [0.29, 0.717) is 6.54 Å². The number of carbonyl (C=O) groups excluding carboxylic acids is 1. The number of fused-ring (bicyclic) bond motifs is 1. The predicted molar refractivity (Wildman–Crippen MR) is 104 cm³/mol. The highest BCUT2D eigenvalue weighted by Gasteiger charge is 2.31. The fourth-order valence-electron chi connectivity index (χ4n) is 3.58. The molecule has 0 fully saturated rings. The molecular formula is C23H21N2O2. The van der Waals surface area contributed by atoms with Crippen molar-refractivity contribution in [3.63, 3.8) is 0 Å². The van der Waals surface area contributed by atoms with Crippen molar-refractivity contribution in [2.24, 2.45) is 5.73 Å². The number of para-hydroxylation sites is 1. The van der Waals surface area contributed by atoms with Crippen molar-refractivity contribution in [3.8, 4) is 11.5 Å². The van der Waals surface area contributed by atoms with Crippen molar-refractivity contribution in [2.75, 3.05) is 6.54 Å². The van der Waals surface area contributed by atoms with Crippen LogP contribution in [0.5, 0.6) is 11.5 Å². The smallest absolute Gasteiger partial charge is 0.239 e. The fourth-order valence-corrected chi connectivity index (χ4v) is 3.58. The summed E-state index contributed by atoms with van der Waals surface area (Å²) in [5, 5.41) is 0. The largest absolute Gasteiger partial charge is 0.457 e. The van der Waals surface area contributed by atoms with Crippen LogP contribution in [0.2, 0.25) is 0 Å². The molecule has 4 nitrogen and oxygen atoms in total. The Kier molecular flexibility index (Phi) is 4.90. The van der Waals surface area contributed by atoms with Crippen molar-refractivity contribution in [1.82, 2.24) is 4.90 Å². The highest BCUT2D eigenvalue weighted by atomic mass is 16.5. The lowest BCUT2D eigenvalue weighted by atomic mass is 9.92. The maximum absolute atomic E-state index is 12.1. The molecule has 0 spiro atoms. The van der Waals surface area contributed by atoms with E-state index >= 15 is 0 Å². The molecule has 2 N–H and O–H groups in total. The second-order valence-electron chi connectivity index (χ2n) is 6.71. The molecule has 0 aromatic heterocycles. The molecule has 0 bridgehead atoms. The Labute approximate surface area is 159 Å². The molecule has 1 heterocycles. The molecule has 4 rings (SSSR count). The minimum atomic E-state index is -0.399. The minimum absolute atomic E-state index is 0.314. The van der Waals surface area contributed by atoms with Gasteiger partial charge in [0.05, 0.1) is 0 Å². The van der Waals surface area contributed by atoms with Crippen LogP contribution in [0.4, 0.5) is 0 Å². The van der Waals surface area contributed by atoms with Crippen molar-refractivity contribution in [2.45, 2.75) is 19.0 Å². The molecule has 0 saturated heterocycles. The Balaban J connectivity index is 1.49. The summed E-state index contributed by atoms with van der Waals surface area (Å²) in [7, 11) is 0. The summed E-state index contributed by atoms with van der Waals surface area (Å²) >= 11 is 0. The fraction of sp³-hybridized carbons (Fsp3) is 0.174. The average molecular weight is 357 g/mol. The third-order valence-corrected chi connectivity index (χ3v) is 4.87. The predicted octanol–water partition coefficient (Wildman–Crippen LogP) is 3.86. The van der Waals surface area contributed by atoms with Gasteiger partial charge in [0.2, 0.25) is 5.91 Å². The van der Waals surface area contributed by atoms with E-state index in [1.165, 1.54) is 0 Å². The number of rotatable bonds is 5. The van der Waals surface area contributed by atoms with Crippen LogP contribution in [-0.4, -0.2) is 17.4 Å². The lowest BCUT2D eigenvalue weighted by Gasteiger charge is -2.35. The lowest BCUT2D eigenvalue weighted by Crippen LogP contribution is -2.42. The number of nitrogens with two attached hydrogens (primary N) is 1. The summed E-state index contributed by atoms with van der Waals surface area (Å²) in [4.78, 5) is 14.3. The van der Waals surface area contributed by atoms with Gasteiger partial charge in [-0.15, -0.1) is 0 Å². The van der Waals surface area contributed by atoms with Gasteiger partial charge in [0.1, 0.15) is 17.5 Å². The molecule has 0 aliphatic carbocycles. The first-order valence-electron chi connectivity index (χ1n) is 9.05. The van der Waals surface area contributed by atoms with E-state index < -0.39 is 6.04 Å². The Hall–Kier alpha value is -3.11. The number of hydrogen-bond acceptors (Lipinski definition) is 3. The standard InChI is InChI=1S/C23H21N2O2/c24-23(26)22-21-9-5-4-6-18(21)14-15-25(22)16-17-10-12-20(13-11-17)27-19-7-2-1-3-8-19/h1-3,5-13,22H,14-16H2,(H2,24,26). The number of carbonyl (C=O) groups is 1. The zero-order valence-corrected chi connectivity index (χ0v) is 15.0. The SMILES string of the molecule is NC(=O)C1c2cc[c]cc2CCN1Cc1ccc(Oc2ccccc2)cc1. The van der Waals surface area contributed by atoms with Crippen LogP contribution < -0.4 is 10.5 Å². The quantitative estimate of drug-likeness (QED) is 0.754. The van der Waals surface area contributed by atoms with Gasteiger partial charge in [0, 0.05) is 13.1 Å². The van der Waals surface area contributed by atoms with Gasteiger partial charge in [-0.25, -0.2) is 0 Å². The van der Waals surface area contributed by atoms with Crippen LogP contribution in [0.25, 0.3) is 0 Å². The van der Waals surface area contributed by atoms with E-state index in [1.807, 2.05) is 72.8 Å². The zero-order valence-electron chi connectivity index (χ0n) is 15.0. The molecule has 3 aromatic rings. The highest BCUT2D eigenvalue weighted by molar-refractivity contribution is 5.82. The van der Waals surface area contributed by atoms with E-state index in [4.69, 9.17) is 10.5 Å². The molecule has 4 heteroatoms. The van der Waals surface area contributed by atoms with Gasteiger partial charge in [-0.1, -0.05) is 48.5 Å². The first-order chi connectivity index (χ1) is 13.2. The van der Waals surface area contributed by atoms with Crippen LogP contribution in [0, 0.1) is 6.07 Å². The lowest BCUT2D eigenvalue weighted by molar-refractivity contribution is -0.124. The second kappa shape index (κ2) is 7.64. The van der Waals surface area contributed by atoms with Gasteiger partial charge < -0.3 is 10.5 Å². The number of benzene rings is 3. The molecule has 27 heavy (non-hydrogen) atoms. The van der Waals surface area contributed by atoms with Crippen LogP contribution in [-0.2, 0) is 17.8 Å². The van der Waals surface area contributed by atoms with E-state index in [1.54, 1.807) is 0 Å². The number of nitrogens with zero attached hydrogens (tertiary/aromatic N) is 1. The second-order valence-corrected chi connectivity index (χ2v) is 6.71. The zero-order chi connectivity index (χ0) is 18.6. The van der Waals surface area contributed by atoms with Gasteiger partial charge in [-0.3, -0.25) is 9.69 Å². The first kappa shape index (κ1) is 17.3. The van der Waals surface area contributed by atoms with Gasteiger partial charge in [-0.2, -0.15) is 0 Å². The van der Waals surface area contributed by atoms with E-state index in [0.717, 1.165) is 41.2 Å². The summed E-state index contributed by atoms with van der Waals surface area (Å²) in [6, 6.07) is 26.1. The average Bonchev–Trinajstić information content (AvgIpc) is 2.70. The summed E-state index contributed by atoms with van der Waals surface area (Å²) in [6.07, 6.45) is 0.894. The van der Waals surface area contributed by atoms with Crippen LogP contribution >= 0.6 is 0 Å². The van der Waals surface area contributed by atoms with Gasteiger partial charge >= 0.3 is 0 Å². The maximum Gasteiger partial charge on any atom is 0.239 e. The summed E-state index contributed by atoms with van der Waals surface area (Å²) in [5.41, 5.74) is 9.00. The topological polar surface area (TPSA) is 55.6 Å². The van der Waals surface area contributed by atoms with Crippen LogP contribution in [0.1, 0.15) is 22.7 Å². The number of amides is 1. The molecule has 1 aliphatic heterocycles. The van der Waals surface area contributed by atoms with E-state index in [-0.39, 0.29) is 5.91 Å². The Morgan fingerprint density at radius 2 is 1.81 bits per heavy atom. The molecule has 1 unspecified atom stereocenters. The third kappa shape index (κ3) is 3.86. The molecule has 1 amide bonds. The van der Waals surface area contributed by atoms with Crippen molar-refractivity contribution < 1.29 is 9.53 Å². The van der Waals surface area contributed by atoms with Crippen molar-refractivity contribution in [3.05, 3.63) is 95.6 Å². The number of ether oxygens (including phenoxy) is 1. The van der Waals surface area contributed by atoms with Gasteiger partial charge in [0.25, 0.3) is 0 Å². The third-order valence-electron chi connectivity index (χ3n) is 4.87. The molecule has 135 valence electrons. The van der Waals surface area contributed by atoms with Crippen molar-refractivity contribution >= 4 is 5.91 Å². The maximum atomic E-state index is 12.1. The normalized spacial score (nSPS) is 16.5. The van der Waals surface area contributed by atoms with Gasteiger partial charge in [0.15, 0.2) is 0 Å².